The monoisotopic (exact) mass is 393 g/mol. The van der Waals surface area contributed by atoms with E-state index >= 15 is 0 Å². The molecule has 2 rings (SSSR count). The van der Waals surface area contributed by atoms with E-state index in [1.165, 1.54) is 12.1 Å². The zero-order chi connectivity index (χ0) is 15.6. The summed E-state index contributed by atoms with van der Waals surface area (Å²) >= 11 is 15.2. The number of rotatable bonds is 4. The number of halogens is 5. The van der Waals surface area contributed by atoms with Crippen LogP contribution in [0.2, 0.25) is 10.0 Å². The predicted octanol–water partition coefficient (Wildman–Crippen LogP) is 5.54. The van der Waals surface area contributed by atoms with Crippen LogP contribution in [0.1, 0.15) is 17.2 Å². The maximum atomic E-state index is 14.1. The number of benzene rings is 2. The fourth-order valence-corrected chi connectivity index (χ4v) is 2.93. The van der Waals surface area contributed by atoms with Crippen LogP contribution < -0.4 is 5.32 Å². The molecule has 0 heterocycles. The van der Waals surface area contributed by atoms with Crippen LogP contribution in [-0.4, -0.2) is 7.05 Å². The van der Waals surface area contributed by atoms with Gasteiger partial charge in [-0.3, -0.25) is 0 Å². The van der Waals surface area contributed by atoms with Crippen molar-refractivity contribution in [2.45, 2.75) is 12.5 Å². The maximum Gasteiger partial charge on any atom is 0.143 e. The third kappa shape index (κ3) is 3.57. The van der Waals surface area contributed by atoms with Gasteiger partial charge in [-0.1, -0.05) is 35.3 Å². The molecular formula is C15H12BrCl2F2N. The Balaban J connectivity index is 2.41. The van der Waals surface area contributed by atoms with Crippen molar-refractivity contribution in [2.24, 2.45) is 0 Å². The molecule has 0 fully saturated rings. The largest absolute Gasteiger partial charge is 0.313 e. The molecule has 21 heavy (non-hydrogen) atoms. The van der Waals surface area contributed by atoms with Gasteiger partial charge in [-0.05, 0) is 53.2 Å². The average Bonchev–Trinajstić information content (AvgIpc) is 2.47. The van der Waals surface area contributed by atoms with Gasteiger partial charge in [-0.2, -0.15) is 0 Å². The summed E-state index contributed by atoms with van der Waals surface area (Å²) in [5.41, 5.74) is 0.699. The fourth-order valence-electron chi connectivity index (χ4n) is 2.12. The number of hydrogen-bond acceptors (Lipinski definition) is 1. The van der Waals surface area contributed by atoms with Gasteiger partial charge in [-0.25, -0.2) is 8.78 Å². The van der Waals surface area contributed by atoms with Gasteiger partial charge in [0.05, 0.1) is 14.5 Å². The minimum atomic E-state index is -0.603. The van der Waals surface area contributed by atoms with Crippen molar-refractivity contribution >= 4 is 39.1 Å². The third-order valence-corrected chi connectivity index (χ3v) is 4.70. The molecule has 0 aliphatic rings. The topological polar surface area (TPSA) is 12.0 Å². The Kier molecular flexibility index (Phi) is 5.60. The first-order chi connectivity index (χ1) is 9.95. The lowest BCUT2D eigenvalue weighted by atomic mass is 9.98. The van der Waals surface area contributed by atoms with Gasteiger partial charge in [0.1, 0.15) is 11.6 Å². The Hall–Kier alpha value is -0.680. The van der Waals surface area contributed by atoms with E-state index in [4.69, 9.17) is 23.2 Å². The Morgan fingerprint density at radius 3 is 2.57 bits per heavy atom. The summed E-state index contributed by atoms with van der Waals surface area (Å²) in [6.07, 6.45) is 0.119. The lowest BCUT2D eigenvalue weighted by Gasteiger charge is -2.19. The van der Waals surface area contributed by atoms with Crippen LogP contribution in [0, 0.1) is 11.6 Å². The minimum absolute atomic E-state index is 0.000216. The summed E-state index contributed by atoms with van der Waals surface area (Å²) in [5.74, 6) is -1.19. The van der Waals surface area contributed by atoms with Crippen molar-refractivity contribution in [3.8, 4) is 0 Å². The van der Waals surface area contributed by atoms with Crippen molar-refractivity contribution in [1.29, 1.82) is 0 Å². The second kappa shape index (κ2) is 7.05. The first kappa shape index (κ1) is 16.7. The lowest BCUT2D eigenvalue weighted by molar-refractivity contribution is 0.512. The minimum Gasteiger partial charge on any atom is -0.313 e. The smallest absolute Gasteiger partial charge is 0.143 e. The molecule has 6 heteroatoms. The van der Waals surface area contributed by atoms with Crippen molar-refractivity contribution in [2.75, 3.05) is 7.05 Å². The highest BCUT2D eigenvalue weighted by Crippen LogP contribution is 2.33. The molecule has 1 N–H and O–H groups in total. The molecule has 1 unspecified atom stereocenters. The highest BCUT2D eigenvalue weighted by atomic mass is 79.9. The Morgan fingerprint density at radius 2 is 1.90 bits per heavy atom. The van der Waals surface area contributed by atoms with Gasteiger partial charge in [-0.15, -0.1) is 0 Å². The molecule has 2 aromatic rings. The van der Waals surface area contributed by atoms with E-state index in [2.05, 4.69) is 21.2 Å². The zero-order valence-corrected chi connectivity index (χ0v) is 14.2. The van der Waals surface area contributed by atoms with E-state index in [0.29, 0.717) is 15.6 Å². The molecule has 1 nitrogen and oxygen atoms in total. The summed E-state index contributed by atoms with van der Waals surface area (Å²) < 4.78 is 28.2. The van der Waals surface area contributed by atoms with E-state index in [1.807, 2.05) is 0 Å². The number of likely N-dealkylation sites (N-methyl/N-ethyl adjacent to an activating group) is 1. The number of nitrogens with one attached hydrogen (secondary N) is 1. The predicted molar refractivity (Wildman–Crippen MR) is 86.0 cm³/mol. The fraction of sp³-hybridized carbons (Fsp3) is 0.200. The van der Waals surface area contributed by atoms with E-state index in [1.54, 1.807) is 25.2 Å². The van der Waals surface area contributed by atoms with Crippen LogP contribution in [0.25, 0.3) is 0 Å². The first-order valence-electron chi connectivity index (χ1n) is 6.19. The van der Waals surface area contributed by atoms with Gasteiger partial charge < -0.3 is 5.32 Å². The Morgan fingerprint density at radius 1 is 1.19 bits per heavy atom. The average molecular weight is 395 g/mol. The summed E-state index contributed by atoms with van der Waals surface area (Å²) in [4.78, 5) is 0. The second-order valence-corrected chi connectivity index (χ2v) is 6.15. The molecule has 0 amide bonds. The Bertz CT molecular complexity index is 664. The standard InChI is InChI=1S/C15H12BrCl2F2N/c1-21-13(8-3-2-4-11(17)14(8)18)7-9-12(19)6-5-10(16)15(9)20/h2-6,13,21H,7H2,1H3. The van der Waals surface area contributed by atoms with E-state index in [0.717, 1.165) is 0 Å². The molecule has 0 saturated carbocycles. The van der Waals surface area contributed by atoms with E-state index in [-0.39, 0.29) is 22.5 Å². The van der Waals surface area contributed by atoms with Gasteiger partial charge in [0.2, 0.25) is 0 Å². The van der Waals surface area contributed by atoms with Crippen molar-refractivity contribution in [1.82, 2.24) is 5.32 Å². The normalized spacial score (nSPS) is 12.5. The van der Waals surface area contributed by atoms with Crippen LogP contribution in [-0.2, 0) is 6.42 Å². The van der Waals surface area contributed by atoms with E-state index < -0.39 is 11.6 Å². The van der Waals surface area contributed by atoms with Gasteiger partial charge >= 0.3 is 0 Å². The van der Waals surface area contributed by atoms with Crippen LogP contribution in [0.15, 0.2) is 34.8 Å². The molecule has 0 saturated heterocycles. The van der Waals surface area contributed by atoms with Gasteiger partial charge in [0.25, 0.3) is 0 Å². The molecule has 0 aliphatic heterocycles. The van der Waals surface area contributed by atoms with Crippen LogP contribution in [0.4, 0.5) is 8.78 Å². The van der Waals surface area contributed by atoms with Crippen molar-refractivity contribution in [3.63, 3.8) is 0 Å². The highest BCUT2D eigenvalue weighted by Gasteiger charge is 2.20. The first-order valence-corrected chi connectivity index (χ1v) is 7.74. The quantitative estimate of drug-likeness (QED) is 0.671. The van der Waals surface area contributed by atoms with Crippen molar-refractivity contribution < 1.29 is 8.78 Å². The summed E-state index contributed by atoms with van der Waals surface area (Å²) in [6, 6.07) is 7.42. The summed E-state index contributed by atoms with van der Waals surface area (Å²) in [7, 11) is 1.70. The molecule has 0 aliphatic carbocycles. The molecule has 2 aromatic carbocycles. The zero-order valence-electron chi connectivity index (χ0n) is 11.1. The summed E-state index contributed by atoms with van der Waals surface area (Å²) in [6.45, 7) is 0. The molecule has 0 spiro atoms. The highest BCUT2D eigenvalue weighted by molar-refractivity contribution is 9.10. The molecular weight excluding hydrogens is 383 g/mol. The SMILES string of the molecule is CNC(Cc1c(F)ccc(Br)c1F)c1cccc(Cl)c1Cl. The number of hydrogen-bond donors (Lipinski definition) is 1. The lowest BCUT2D eigenvalue weighted by Crippen LogP contribution is -2.20. The van der Waals surface area contributed by atoms with Crippen LogP contribution in [0.3, 0.4) is 0 Å². The van der Waals surface area contributed by atoms with E-state index in [9.17, 15) is 8.78 Å². The molecule has 1 atom stereocenters. The van der Waals surface area contributed by atoms with Gasteiger partial charge in [0.15, 0.2) is 0 Å². The molecule has 0 radical (unpaired) electrons. The summed E-state index contributed by atoms with van der Waals surface area (Å²) in [5, 5.41) is 3.81. The van der Waals surface area contributed by atoms with Crippen LogP contribution >= 0.6 is 39.1 Å². The molecule has 0 bridgehead atoms. The maximum absolute atomic E-state index is 14.1. The molecule has 112 valence electrons. The van der Waals surface area contributed by atoms with Crippen molar-refractivity contribution in [3.05, 3.63) is 67.6 Å². The Labute approximate surface area is 140 Å². The third-order valence-electron chi connectivity index (χ3n) is 3.25. The van der Waals surface area contributed by atoms with Gasteiger partial charge in [0, 0.05) is 11.6 Å². The molecule has 0 aromatic heterocycles. The second-order valence-electron chi connectivity index (χ2n) is 4.51. The van der Waals surface area contributed by atoms with Crippen LogP contribution in [0.5, 0.6) is 0 Å².